The second-order valence-corrected chi connectivity index (χ2v) is 5.03. The van der Waals surface area contributed by atoms with Gasteiger partial charge in [-0.3, -0.25) is 0 Å². The highest BCUT2D eigenvalue weighted by Gasteiger charge is 2.16. The van der Waals surface area contributed by atoms with E-state index in [9.17, 15) is 5.11 Å². The van der Waals surface area contributed by atoms with Crippen LogP contribution in [-0.2, 0) is 6.61 Å². The minimum Gasteiger partial charge on any atom is -0.462 e. The van der Waals surface area contributed by atoms with Crippen LogP contribution in [0.3, 0.4) is 0 Å². The number of aromatic nitrogens is 2. The summed E-state index contributed by atoms with van der Waals surface area (Å²) in [7, 11) is 0. The predicted octanol–water partition coefficient (Wildman–Crippen LogP) is 1.85. The number of fused-ring (bicyclic) bond motifs is 1. The van der Waals surface area contributed by atoms with Crippen molar-refractivity contribution in [2.24, 2.45) is 0 Å². The summed E-state index contributed by atoms with van der Waals surface area (Å²) in [5.41, 5.74) is 2.15. The van der Waals surface area contributed by atoms with Crippen LogP contribution in [0.4, 0.5) is 5.95 Å². The van der Waals surface area contributed by atoms with E-state index in [1.807, 2.05) is 11.4 Å². The molecule has 0 unspecified atom stereocenters. The molecule has 0 bridgehead atoms. The molecule has 3 aromatic rings. The second kappa shape index (κ2) is 5.58. The van der Waals surface area contributed by atoms with E-state index < -0.39 is 0 Å². The Morgan fingerprint density at radius 1 is 1.25 bits per heavy atom. The number of aliphatic hydroxyl groups is 2. The summed E-state index contributed by atoms with van der Waals surface area (Å²) in [5.74, 6) is 0.981. The van der Waals surface area contributed by atoms with Crippen molar-refractivity contribution in [3.63, 3.8) is 0 Å². The van der Waals surface area contributed by atoms with Crippen molar-refractivity contribution in [1.29, 1.82) is 0 Å². The third-order valence-corrected chi connectivity index (χ3v) is 3.74. The number of nitrogens with zero attached hydrogens (tertiary/aromatic N) is 2. The number of anilines is 1. The van der Waals surface area contributed by atoms with Gasteiger partial charge in [0.1, 0.15) is 5.69 Å². The number of rotatable bonds is 5. The maximum absolute atomic E-state index is 9.35. The van der Waals surface area contributed by atoms with Crippen molar-refractivity contribution in [3.05, 3.63) is 29.3 Å². The Bertz CT molecular complexity index is 723. The minimum atomic E-state index is -0.109. The first kappa shape index (κ1) is 13.0. The zero-order valence-corrected chi connectivity index (χ0v) is 11.4. The first-order valence-electron chi connectivity index (χ1n) is 6.11. The van der Waals surface area contributed by atoms with E-state index >= 15 is 0 Å². The van der Waals surface area contributed by atoms with Crippen molar-refractivity contribution >= 4 is 27.5 Å². The van der Waals surface area contributed by atoms with Crippen LogP contribution < -0.4 is 5.32 Å². The fourth-order valence-electron chi connectivity index (χ4n) is 1.93. The highest BCUT2D eigenvalue weighted by Crippen LogP contribution is 2.33. The van der Waals surface area contributed by atoms with Gasteiger partial charge in [0.05, 0.1) is 29.7 Å². The normalized spacial score (nSPS) is 11.1. The van der Waals surface area contributed by atoms with Gasteiger partial charge in [-0.25, -0.2) is 9.97 Å². The van der Waals surface area contributed by atoms with Crippen LogP contribution in [-0.4, -0.2) is 33.3 Å². The van der Waals surface area contributed by atoms with Gasteiger partial charge in [0.2, 0.25) is 5.95 Å². The van der Waals surface area contributed by atoms with Gasteiger partial charge in [-0.05, 0) is 17.5 Å². The van der Waals surface area contributed by atoms with Gasteiger partial charge in [0, 0.05) is 12.1 Å². The molecule has 0 saturated carbocycles. The van der Waals surface area contributed by atoms with E-state index in [1.165, 1.54) is 17.6 Å². The van der Waals surface area contributed by atoms with Gasteiger partial charge in [-0.1, -0.05) is 0 Å². The second-order valence-electron chi connectivity index (χ2n) is 4.11. The molecule has 0 saturated heterocycles. The summed E-state index contributed by atoms with van der Waals surface area (Å²) >= 11 is 1.52. The lowest BCUT2D eigenvalue weighted by Crippen LogP contribution is -2.09. The molecule has 0 amide bonds. The summed E-state index contributed by atoms with van der Waals surface area (Å²) < 4.78 is 6.36. The first-order chi connectivity index (χ1) is 9.83. The van der Waals surface area contributed by atoms with E-state index in [0.717, 1.165) is 10.2 Å². The number of thiophene rings is 1. The molecule has 6 nitrogen and oxygen atoms in total. The number of hydrogen-bond acceptors (Lipinski definition) is 7. The summed E-state index contributed by atoms with van der Waals surface area (Å²) in [6.45, 7) is 0.269. The molecule has 3 heterocycles. The molecule has 3 N–H and O–H groups in total. The summed E-state index contributed by atoms with van der Waals surface area (Å²) in [6.07, 6.45) is 1.53. The van der Waals surface area contributed by atoms with Gasteiger partial charge in [0.15, 0.2) is 5.76 Å². The minimum absolute atomic E-state index is 0.00299. The van der Waals surface area contributed by atoms with E-state index in [2.05, 4.69) is 15.3 Å². The lowest BCUT2D eigenvalue weighted by atomic mass is 10.2. The molecule has 0 atom stereocenters. The molecule has 0 radical (unpaired) electrons. The lowest BCUT2D eigenvalue weighted by molar-refractivity contribution is 0.281. The zero-order valence-electron chi connectivity index (χ0n) is 10.5. The predicted molar refractivity (Wildman–Crippen MR) is 76.6 cm³/mol. The Morgan fingerprint density at radius 2 is 2.15 bits per heavy atom. The molecule has 0 aliphatic heterocycles. The van der Waals surface area contributed by atoms with E-state index in [-0.39, 0.29) is 13.2 Å². The Balaban J connectivity index is 2.14. The Kier molecular flexibility index (Phi) is 3.64. The number of nitrogens with one attached hydrogen (secondary N) is 1. The molecule has 0 aromatic carbocycles. The monoisotopic (exact) mass is 291 g/mol. The number of furan rings is 1. The molecule has 0 fully saturated rings. The number of hydrogen-bond donors (Lipinski definition) is 3. The SMILES string of the molecule is OCCNc1nc(-c2occc2CO)c2sccc2n1. The molecule has 3 rings (SSSR count). The van der Waals surface area contributed by atoms with Crippen LogP contribution in [0.2, 0.25) is 0 Å². The quantitative estimate of drug-likeness (QED) is 0.664. The first-order valence-corrected chi connectivity index (χ1v) is 6.99. The van der Waals surface area contributed by atoms with Crippen molar-refractivity contribution in [2.45, 2.75) is 6.61 Å². The fraction of sp³-hybridized carbons (Fsp3) is 0.231. The van der Waals surface area contributed by atoms with Gasteiger partial charge >= 0.3 is 0 Å². The van der Waals surface area contributed by atoms with Crippen LogP contribution in [0.25, 0.3) is 21.7 Å². The molecular weight excluding hydrogens is 278 g/mol. The van der Waals surface area contributed by atoms with Gasteiger partial charge < -0.3 is 19.9 Å². The third-order valence-electron chi connectivity index (χ3n) is 2.83. The van der Waals surface area contributed by atoms with Crippen molar-refractivity contribution in [2.75, 3.05) is 18.5 Å². The smallest absolute Gasteiger partial charge is 0.224 e. The molecule has 0 aliphatic rings. The standard InChI is InChI=1S/C13H13N3O3S/c17-4-3-14-13-15-9-2-6-20-12(9)10(16-13)11-8(7-18)1-5-19-11/h1-2,5-6,17-18H,3-4,7H2,(H,14,15,16). The molecule has 104 valence electrons. The van der Waals surface area contributed by atoms with Crippen LogP contribution in [0.5, 0.6) is 0 Å². The highest BCUT2D eigenvalue weighted by atomic mass is 32.1. The Labute approximate surface area is 118 Å². The van der Waals surface area contributed by atoms with E-state index in [1.54, 1.807) is 6.07 Å². The summed E-state index contributed by atoms with van der Waals surface area (Å²) in [5, 5.41) is 23.1. The maximum Gasteiger partial charge on any atom is 0.224 e. The molecule has 0 spiro atoms. The van der Waals surface area contributed by atoms with Gasteiger partial charge in [0.25, 0.3) is 0 Å². The van der Waals surface area contributed by atoms with Crippen LogP contribution in [0, 0.1) is 0 Å². The molecule has 20 heavy (non-hydrogen) atoms. The average Bonchev–Trinajstić information content (AvgIpc) is 3.12. The number of aliphatic hydroxyl groups excluding tert-OH is 2. The lowest BCUT2D eigenvalue weighted by Gasteiger charge is -2.06. The zero-order chi connectivity index (χ0) is 13.9. The Hall–Kier alpha value is -1.96. The van der Waals surface area contributed by atoms with E-state index in [0.29, 0.717) is 29.5 Å². The maximum atomic E-state index is 9.35. The Morgan fingerprint density at radius 3 is 2.95 bits per heavy atom. The van der Waals surface area contributed by atoms with Crippen LogP contribution in [0.1, 0.15) is 5.56 Å². The highest BCUT2D eigenvalue weighted by molar-refractivity contribution is 7.17. The largest absolute Gasteiger partial charge is 0.462 e. The summed E-state index contributed by atoms with van der Waals surface area (Å²) in [4.78, 5) is 8.81. The van der Waals surface area contributed by atoms with Crippen LogP contribution in [0.15, 0.2) is 28.2 Å². The molecule has 7 heteroatoms. The van der Waals surface area contributed by atoms with Crippen molar-refractivity contribution < 1.29 is 14.6 Å². The molecular formula is C13H13N3O3S. The van der Waals surface area contributed by atoms with Crippen LogP contribution >= 0.6 is 11.3 Å². The van der Waals surface area contributed by atoms with E-state index in [4.69, 9.17) is 9.52 Å². The third kappa shape index (κ3) is 2.26. The molecule has 3 aromatic heterocycles. The summed E-state index contributed by atoms with van der Waals surface area (Å²) in [6, 6.07) is 3.62. The topological polar surface area (TPSA) is 91.4 Å². The average molecular weight is 291 g/mol. The fourth-order valence-corrected chi connectivity index (χ4v) is 2.75. The van der Waals surface area contributed by atoms with Crippen molar-refractivity contribution in [1.82, 2.24) is 9.97 Å². The van der Waals surface area contributed by atoms with Gasteiger partial charge in [-0.2, -0.15) is 0 Å². The van der Waals surface area contributed by atoms with Gasteiger partial charge in [-0.15, -0.1) is 11.3 Å². The molecule has 0 aliphatic carbocycles. The van der Waals surface area contributed by atoms with Crippen molar-refractivity contribution in [3.8, 4) is 11.5 Å².